The zero-order chi connectivity index (χ0) is 18.5. The molecule has 1 aromatic carbocycles. The predicted molar refractivity (Wildman–Crippen MR) is 100 cm³/mol. The van der Waals surface area contributed by atoms with E-state index in [4.69, 9.17) is 11.6 Å². The van der Waals surface area contributed by atoms with Crippen LogP contribution in [0, 0.1) is 5.92 Å². The first-order chi connectivity index (χ1) is 12.5. The highest BCUT2D eigenvalue weighted by Gasteiger charge is 2.29. The lowest BCUT2D eigenvalue weighted by Gasteiger charge is -2.31. The maximum absolute atomic E-state index is 12.4. The van der Waals surface area contributed by atoms with Crippen molar-refractivity contribution in [1.82, 2.24) is 15.8 Å². The zero-order valence-electron chi connectivity index (χ0n) is 13.9. The molecule has 1 atom stereocenters. The fourth-order valence-electron chi connectivity index (χ4n) is 2.85. The summed E-state index contributed by atoms with van der Waals surface area (Å²) in [6.07, 6.45) is 1.42. The Hall–Kier alpha value is -2.38. The molecule has 1 unspecified atom stereocenters. The van der Waals surface area contributed by atoms with Crippen LogP contribution < -0.4 is 10.9 Å². The fourth-order valence-corrected chi connectivity index (χ4v) is 3.74. The second-order valence-electron chi connectivity index (χ2n) is 6.02. The first kappa shape index (κ1) is 18.4. The number of hydrogen-bond acceptors (Lipinski definition) is 4. The molecular weight excluding hydrogens is 374 g/mol. The van der Waals surface area contributed by atoms with Gasteiger partial charge in [-0.1, -0.05) is 23.7 Å². The summed E-state index contributed by atoms with van der Waals surface area (Å²) >= 11 is 7.25. The molecule has 0 bridgehead atoms. The van der Waals surface area contributed by atoms with Crippen molar-refractivity contribution in [2.45, 2.75) is 12.8 Å². The standard InChI is InChI=1S/C18H18ClN3O3S/c19-14-6-1-4-12(10-14)16(23)20-21-17(24)13-5-2-8-22(11-13)18(25)15-7-3-9-26-15/h1,3-4,6-7,9-10,13H,2,5,8,11H2,(H,20,23)(H,21,24). The summed E-state index contributed by atoms with van der Waals surface area (Å²) in [6, 6.07) is 10.1. The first-order valence-electron chi connectivity index (χ1n) is 8.23. The Bertz CT molecular complexity index is 810. The van der Waals surface area contributed by atoms with Gasteiger partial charge < -0.3 is 4.90 Å². The van der Waals surface area contributed by atoms with Crippen LogP contribution >= 0.6 is 22.9 Å². The monoisotopic (exact) mass is 391 g/mol. The Morgan fingerprint density at radius 2 is 2.00 bits per heavy atom. The van der Waals surface area contributed by atoms with E-state index in [0.29, 0.717) is 35.0 Å². The molecular formula is C18H18ClN3O3S. The number of hydrazine groups is 1. The van der Waals surface area contributed by atoms with Gasteiger partial charge in [0, 0.05) is 23.7 Å². The molecule has 3 amide bonds. The van der Waals surface area contributed by atoms with E-state index in [1.54, 1.807) is 29.2 Å². The predicted octanol–water partition coefficient (Wildman–Crippen LogP) is 2.71. The molecule has 2 aromatic rings. The Morgan fingerprint density at radius 3 is 2.73 bits per heavy atom. The molecule has 0 aliphatic carbocycles. The molecule has 1 fully saturated rings. The third-order valence-corrected chi connectivity index (χ3v) is 5.29. The zero-order valence-corrected chi connectivity index (χ0v) is 15.5. The lowest BCUT2D eigenvalue weighted by atomic mass is 9.97. The molecule has 1 saturated heterocycles. The van der Waals surface area contributed by atoms with Crippen molar-refractivity contribution in [3.8, 4) is 0 Å². The molecule has 0 spiro atoms. The molecule has 136 valence electrons. The summed E-state index contributed by atoms with van der Waals surface area (Å²) in [7, 11) is 0. The van der Waals surface area contributed by atoms with E-state index in [0.717, 1.165) is 6.42 Å². The van der Waals surface area contributed by atoms with Crippen LogP contribution in [-0.2, 0) is 4.79 Å². The number of carbonyl (C=O) groups is 3. The SMILES string of the molecule is O=C(NNC(=O)C1CCCN(C(=O)c2cccs2)C1)c1cccc(Cl)c1. The molecule has 1 aliphatic rings. The maximum Gasteiger partial charge on any atom is 0.269 e. The van der Waals surface area contributed by atoms with Gasteiger partial charge in [-0.25, -0.2) is 0 Å². The molecule has 0 radical (unpaired) electrons. The van der Waals surface area contributed by atoms with Crippen LogP contribution in [-0.4, -0.2) is 35.7 Å². The van der Waals surface area contributed by atoms with Crippen LogP contribution in [0.5, 0.6) is 0 Å². The number of halogens is 1. The van der Waals surface area contributed by atoms with Crippen LogP contribution in [0.25, 0.3) is 0 Å². The average molecular weight is 392 g/mol. The summed E-state index contributed by atoms with van der Waals surface area (Å²) < 4.78 is 0. The molecule has 1 aliphatic heterocycles. The molecule has 26 heavy (non-hydrogen) atoms. The topological polar surface area (TPSA) is 78.5 Å². The molecule has 2 heterocycles. The molecule has 0 saturated carbocycles. The summed E-state index contributed by atoms with van der Waals surface area (Å²) in [6.45, 7) is 0.977. The van der Waals surface area contributed by atoms with Gasteiger partial charge >= 0.3 is 0 Å². The number of likely N-dealkylation sites (tertiary alicyclic amines) is 1. The summed E-state index contributed by atoms with van der Waals surface area (Å²) in [4.78, 5) is 39.2. The number of carbonyl (C=O) groups excluding carboxylic acids is 3. The Morgan fingerprint density at radius 1 is 1.15 bits per heavy atom. The minimum atomic E-state index is -0.442. The second kappa shape index (κ2) is 8.33. The van der Waals surface area contributed by atoms with Crippen LogP contribution in [0.15, 0.2) is 41.8 Å². The van der Waals surface area contributed by atoms with Gasteiger partial charge in [0.25, 0.3) is 11.8 Å². The Kier molecular flexibility index (Phi) is 5.90. The van der Waals surface area contributed by atoms with Crippen LogP contribution in [0.1, 0.15) is 32.9 Å². The van der Waals surface area contributed by atoms with E-state index in [9.17, 15) is 14.4 Å². The minimum absolute atomic E-state index is 0.0551. The van der Waals surface area contributed by atoms with Crippen molar-refractivity contribution in [3.63, 3.8) is 0 Å². The van der Waals surface area contributed by atoms with E-state index in [1.165, 1.54) is 17.4 Å². The van der Waals surface area contributed by atoms with Gasteiger partial charge in [0.15, 0.2) is 0 Å². The lowest BCUT2D eigenvalue weighted by Crippen LogP contribution is -2.50. The van der Waals surface area contributed by atoms with Gasteiger partial charge in [-0.15, -0.1) is 11.3 Å². The maximum atomic E-state index is 12.4. The molecule has 8 heteroatoms. The molecule has 3 rings (SSSR count). The largest absolute Gasteiger partial charge is 0.337 e. The number of piperidine rings is 1. The number of benzene rings is 1. The number of hydrogen-bond donors (Lipinski definition) is 2. The van der Waals surface area contributed by atoms with E-state index in [1.807, 2.05) is 11.4 Å². The van der Waals surface area contributed by atoms with Crippen molar-refractivity contribution in [2.24, 2.45) is 5.92 Å². The highest BCUT2D eigenvalue weighted by Crippen LogP contribution is 2.20. The van der Waals surface area contributed by atoms with Gasteiger partial charge in [0.2, 0.25) is 5.91 Å². The minimum Gasteiger partial charge on any atom is -0.337 e. The van der Waals surface area contributed by atoms with Gasteiger partial charge in [0.05, 0.1) is 10.8 Å². The quantitative estimate of drug-likeness (QED) is 0.789. The highest BCUT2D eigenvalue weighted by atomic mass is 35.5. The van der Waals surface area contributed by atoms with Crippen LogP contribution in [0.4, 0.5) is 0 Å². The Labute approximate surface area is 160 Å². The normalized spacial score (nSPS) is 16.8. The molecule has 2 N–H and O–H groups in total. The number of amides is 3. The van der Waals surface area contributed by atoms with Crippen molar-refractivity contribution in [1.29, 1.82) is 0 Å². The number of nitrogens with zero attached hydrogens (tertiary/aromatic N) is 1. The average Bonchev–Trinajstić information content (AvgIpc) is 3.20. The van der Waals surface area contributed by atoms with Gasteiger partial charge in [-0.3, -0.25) is 25.2 Å². The van der Waals surface area contributed by atoms with Crippen molar-refractivity contribution >= 4 is 40.7 Å². The fraction of sp³-hybridized carbons (Fsp3) is 0.278. The number of thiophene rings is 1. The van der Waals surface area contributed by atoms with E-state index in [2.05, 4.69) is 10.9 Å². The number of rotatable bonds is 3. The highest BCUT2D eigenvalue weighted by molar-refractivity contribution is 7.12. The van der Waals surface area contributed by atoms with E-state index in [-0.39, 0.29) is 17.7 Å². The van der Waals surface area contributed by atoms with Crippen LogP contribution in [0.3, 0.4) is 0 Å². The smallest absolute Gasteiger partial charge is 0.269 e. The second-order valence-corrected chi connectivity index (χ2v) is 7.41. The van der Waals surface area contributed by atoms with Gasteiger partial charge in [-0.05, 0) is 42.5 Å². The first-order valence-corrected chi connectivity index (χ1v) is 9.49. The van der Waals surface area contributed by atoms with Crippen LogP contribution in [0.2, 0.25) is 5.02 Å². The van der Waals surface area contributed by atoms with Crippen molar-refractivity contribution < 1.29 is 14.4 Å². The third-order valence-electron chi connectivity index (χ3n) is 4.20. The summed E-state index contributed by atoms with van der Waals surface area (Å²) in [5.74, 6) is -1.15. The van der Waals surface area contributed by atoms with Gasteiger partial charge in [0.1, 0.15) is 0 Å². The Balaban J connectivity index is 1.54. The number of nitrogens with one attached hydrogen (secondary N) is 2. The molecule has 1 aromatic heterocycles. The van der Waals surface area contributed by atoms with Crippen molar-refractivity contribution in [2.75, 3.05) is 13.1 Å². The third kappa shape index (κ3) is 4.42. The molecule has 6 nitrogen and oxygen atoms in total. The summed E-state index contributed by atoms with van der Waals surface area (Å²) in [5.41, 5.74) is 5.20. The van der Waals surface area contributed by atoms with Crippen molar-refractivity contribution in [3.05, 3.63) is 57.2 Å². The van der Waals surface area contributed by atoms with Gasteiger partial charge in [-0.2, -0.15) is 0 Å². The van der Waals surface area contributed by atoms with E-state index >= 15 is 0 Å². The van der Waals surface area contributed by atoms with E-state index < -0.39 is 5.91 Å². The lowest BCUT2D eigenvalue weighted by molar-refractivity contribution is -0.127. The summed E-state index contributed by atoms with van der Waals surface area (Å²) in [5, 5.41) is 2.30.